The zero-order valence-electron chi connectivity index (χ0n) is 13.0. The number of halogens is 3. The molecule has 25 heavy (non-hydrogen) atoms. The molecule has 0 bridgehead atoms. The summed E-state index contributed by atoms with van der Waals surface area (Å²) in [6.45, 7) is -0.267. The van der Waals surface area contributed by atoms with Gasteiger partial charge in [-0.1, -0.05) is 0 Å². The van der Waals surface area contributed by atoms with Gasteiger partial charge in [-0.15, -0.1) is 0 Å². The molecule has 2 aromatic carbocycles. The van der Waals surface area contributed by atoms with Crippen molar-refractivity contribution in [3.8, 4) is 5.75 Å². The molecular formula is C17H15F3N2O3. The van der Waals surface area contributed by atoms with Crippen molar-refractivity contribution in [3.05, 3.63) is 59.9 Å². The number of ether oxygens (including phenoxy) is 1. The van der Waals surface area contributed by atoms with Gasteiger partial charge in [-0.25, -0.2) is 13.2 Å². The summed E-state index contributed by atoms with van der Waals surface area (Å²) in [7, 11) is 0. The SMILES string of the molecule is O=C(CCOc1ccc(F)cc1)NCC(=O)Nc1ccc(F)c(F)c1. The first kappa shape index (κ1) is 18.3. The van der Waals surface area contributed by atoms with E-state index in [1.807, 2.05) is 0 Å². The van der Waals surface area contributed by atoms with E-state index in [-0.39, 0.29) is 25.3 Å². The van der Waals surface area contributed by atoms with Gasteiger partial charge in [0, 0.05) is 11.8 Å². The van der Waals surface area contributed by atoms with Crippen LogP contribution in [-0.2, 0) is 9.59 Å². The number of benzene rings is 2. The molecule has 0 atom stereocenters. The Morgan fingerprint density at radius 1 is 0.920 bits per heavy atom. The topological polar surface area (TPSA) is 67.4 Å². The van der Waals surface area contributed by atoms with Crippen molar-refractivity contribution in [3.63, 3.8) is 0 Å². The minimum atomic E-state index is -1.08. The smallest absolute Gasteiger partial charge is 0.243 e. The number of carbonyl (C=O) groups excluding carboxylic acids is 2. The third-order valence-electron chi connectivity index (χ3n) is 3.06. The minimum Gasteiger partial charge on any atom is -0.493 e. The first-order valence-corrected chi connectivity index (χ1v) is 7.34. The van der Waals surface area contributed by atoms with Crippen LogP contribution in [0.5, 0.6) is 5.75 Å². The number of amides is 2. The van der Waals surface area contributed by atoms with Gasteiger partial charge in [0.05, 0.1) is 19.6 Å². The van der Waals surface area contributed by atoms with Gasteiger partial charge in [-0.3, -0.25) is 9.59 Å². The van der Waals surface area contributed by atoms with E-state index in [0.717, 1.165) is 12.1 Å². The van der Waals surface area contributed by atoms with E-state index in [9.17, 15) is 22.8 Å². The number of hydrogen-bond donors (Lipinski definition) is 2. The molecule has 0 spiro atoms. The van der Waals surface area contributed by atoms with Crippen molar-refractivity contribution in [2.24, 2.45) is 0 Å². The Morgan fingerprint density at radius 3 is 2.32 bits per heavy atom. The lowest BCUT2D eigenvalue weighted by Gasteiger charge is -2.08. The standard InChI is InChI=1S/C17H15F3N2O3/c18-11-1-4-13(5-2-11)25-8-7-16(23)21-10-17(24)22-12-3-6-14(19)15(20)9-12/h1-6,9H,7-8,10H2,(H,21,23)(H,22,24). The third-order valence-corrected chi connectivity index (χ3v) is 3.06. The highest BCUT2D eigenvalue weighted by Gasteiger charge is 2.08. The largest absolute Gasteiger partial charge is 0.493 e. The average molecular weight is 352 g/mol. The molecule has 0 aliphatic carbocycles. The van der Waals surface area contributed by atoms with Gasteiger partial charge >= 0.3 is 0 Å². The number of nitrogens with one attached hydrogen (secondary N) is 2. The molecule has 8 heteroatoms. The van der Waals surface area contributed by atoms with E-state index in [2.05, 4.69) is 10.6 Å². The maximum atomic E-state index is 13.0. The lowest BCUT2D eigenvalue weighted by Crippen LogP contribution is -2.33. The Hall–Kier alpha value is -3.03. The Bertz CT molecular complexity index is 751. The summed E-state index contributed by atoms with van der Waals surface area (Å²) in [5.41, 5.74) is 0.0813. The summed E-state index contributed by atoms with van der Waals surface area (Å²) in [4.78, 5) is 23.2. The molecule has 132 valence electrons. The Balaban J connectivity index is 1.67. The fourth-order valence-corrected chi connectivity index (χ4v) is 1.84. The number of anilines is 1. The van der Waals surface area contributed by atoms with Crippen LogP contribution < -0.4 is 15.4 Å². The van der Waals surface area contributed by atoms with Gasteiger partial charge in [0.15, 0.2) is 11.6 Å². The quantitative estimate of drug-likeness (QED) is 0.805. The van der Waals surface area contributed by atoms with Crippen LogP contribution in [-0.4, -0.2) is 25.0 Å². The van der Waals surface area contributed by atoms with Crippen LogP contribution in [0.15, 0.2) is 42.5 Å². The van der Waals surface area contributed by atoms with Crippen LogP contribution in [0.2, 0.25) is 0 Å². The zero-order valence-corrected chi connectivity index (χ0v) is 13.0. The molecule has 2 rings (SSSR count). The van der Waals surface area contributed by atoms with Crippen LogP contribution in [0.4, 0.5) is 18.9 Å². The molecule has 2 amide bonds. The van der Waals surface area contributed by atoms with E-state index < -0.39 is 29.3 Å². The highest BCUT2D eigenvalue weighted by atomic mass is 19.2. The molecule has 0 heterocycles. The molecule has 2 N–H and O–H groups in total. The summed E-state index contributed by atoms with van der Waals surface area (Å²) < 4.78 is 43.8. The van der Waals surface area contributed by atoms with Gasteiger partial charge in [-0.2, -0.15) is 0 Å². The molecule has 2 aromatic rings. The number of carbonyl (C=O) groups is 2. The van der Waals surface area contributed by atoms with E-state index in [1.54, 1.807) is 0 Å². The normalized spacial score (nSPS) is 10.2. The van der Waals surface area contributed by atoms with Crippen molar-refractivity contribution >= 4 is 17.5 Å². The number of hydrogen-bond acceptors (Lipinski definition) is 3. The van der Waals surface area contributed by atoms with Gasteiger partial charge < -0.3 is 15.4 Å². The van der Waals surface area contributed by atoms with Gasteiger partial charge in [0.25, 0.3) is 0 Å². The first-order chi connectivity index (χ1) is 11.9. The van der Waals surface area contributed by atoms with Crippen molar-refractivity contribution in [1.29, 1.82) is 0 Å². The molecule has 0 fully saturated rings. The van der Waals surface area contributed by atoms with Gasteiger partial charge in [-0.05, 0) is 36.4 Å². The van der Waals surface area contributed by atoms with E-state index in [1.165, 1.54) is 30.3 Å². The highest BCUT2D eigenvalue weighted by Crippen LogP contribution is 2.13. The summed E-state index contributed by atoms with van der Waals surface area (Å²) in [6, 6.07) is 8.26. The molecule has 0 saturated carbocycles. The monoisotopic (exact) mass is 352 g/mol. The first-order valence-electron chi connectivity index (χ1n) is 7.34. The van der Waals surface area contributed by atoms with Crippen molar-refractivity contribution in [2.45, 2.75) is 6.42 Å². The van der Waals surface area contributed by atoms with Crippen LogP contribution in [0, 0.1) is 17.5 Å². The summed E-state index contributed by atoms with van der Waals surface area (Å²) in [5, 5.41) is 4.69. The highest BCUT2D eigenvalue weighted by molar-refractivity contribution is 5.94. The summed E-state index contributed by atoms with van der Waals surface area (Å²) in [6.07, 6.45) is -0.00413. The predicted molar refractivity (Wildman–Crippen MR) is 84.5 cm³/mol. The van der Waals surface area contributed by atoms with E-state index >= 15 is 0 Å². The third kappa shape index (κ3) is 6.17. The second kappa shape index (κ2) is 8.72. The summed E-state index contributed by atoms with van der Waals surface area (Å²) >= 11 is 0. The van der Waals surface area contributed by atoms with Crippen LogP contribution in [0.25, 0.3) is 0 Å². The fraction of sp³-hybridized carbons (Fsp3) is 0.176. The molecule has 0 aromatic heterocycles. The minimum absolute atomic E-state index is 0.00413. The predicted octanol–water partition coefficient (Wildman–Crippen LogP) is 2.63. The Morgan fingerprint density at radius 2 is 1.64 bits per heavy atom. The van der Waals surface area contributed by atoms with Crippen molar-refractivity contribution in [2.75, 3.05) is 18.5 Å². The number of rotatable bonds is 7. The van der Waals surface area contributed by atoms with Gasteiger partial charge in [0.2, 0.25) is 11.8 Å². The summed E-state index contributed by atoms with van der Waals surface area (Å²) in [5.74, 6) is -3.09. The van der Waals surface area contributed by atoms with Crippen molar-refractivity contribution < 1.29 is 27.5 Å². The average Bonchev–Trinajstić information content (AvgIpc) is 2.58. The van der Waals surface area contributed by atoms with Gasteiger partial charge in [0.1, 0.15) is 11.6 Å². The molecule has 0 aliphatic rings. The van der Waals surface area contributed by atoms with E-state index in [4.69, 9.17) is 4.74 Å². The fourth-order valence-electron chi connectivity index (χ4n) is 1.84. The second-order valence-electron chi connectivity index (χ2n) is 5.01. The maximum Gasteiger partial charge on any atom is 0.243 e. The van der Waals surface area contributed by atoms with Crippen molar-refractivity contribution in [1.82, 2.24) is 5.32 Å². The second-order valence-corrected chi connectivity index (χ2v) is 5.01. The zero-order chi connectivity index (χ0) is 18.2. The lowest BCUT2D eigenvalue weighted by molar-refractivity contribution is -0.124. The lowest BCUT2D eigenvalue weighted by atomic mass is 10.3. The molecule has 0 saturated heterocycles. The molecule has 5 nitrogen and oxygen atoms in total. The van der Waals surface area contributed by atoms with E-state index in [0.29, 0.717) is 5.75 Å². The van der Waals surface area contributed by atoms with Crippen LogP contribution in [0.1, 0.15) is 6.42 Å². The molecule has 0 unspecified atom stereocenters. The van der Waals surface area contributed by atoms with Crippen LogP contribution >= 0.6 is 0 Å². The Labute approximate surface area is 141 Å². The molecule has 0 aliphatic heterocycles. The van der Waals surface area contributed by atoms with Crippen LogP contribution in [0.3, 0.4) is 0 Å². The molecule has 0 radical (unpaired) electrons. The maximum absolute atomic E-state index is 13.0. The molecular weight excluding hydrogens is 337 g/mol. The Kier molecular flexibility index (Phi) is 6.39.